The van der Waals surface area contributed by atoms with Crippen molar-refractivity contribution < 1.29 is 9.84 Å². The highest BCUT2D eigenvalue weighted by atomic mass is 16.5. The summed E-state index contributed by atoms with van der Waals surface area (Å²) in [7, 11) is 0. The summed E-state index contributed by atoms with van der Waals surface area (Å²) >= 11 is 0. The molecule has 3 heteroatoms. The van der Waals surface area contributed by atoms with Gasteiger partial charge in [-0.15, -0.1) is 0 Å². The summed E-state index contributed by atoms with van der Waals surface area (Å²) in [6.07, 6.45) is 0.508. The molecule has 1 saturated heterocycles. The zero-order chi connectivity index (χ0) is 13.8. The third kappa shape index (κ3) is 3.56. The molecule has 1 aromatic carbocycles. The second kappa shape index (κ2) is 6.51. The van der Waals surface area contributed by atoms with Crippen LogP contribution in [0.2, 0.25) is 0 Å². The fraction of sp³-hybridized carbons (Fsp3) is 0.625. The van der Waals surface area contributed by atoms with Crippen LogP contribution in [0.25, 0.3) is 0 Å². The van der Waals surface area contributed by atoms with E-state index < -0.39 is 6.10 Å². The number of nitrogens with zero attached hydrogens (tertiary/aromatic N) is 1. The number of aliphatic hydroxyl groups excluding tert-OH is 1. The second-order valence-corrected chi connectivity index (χ2v) is 5.50. The van der Waals surface area contributed by atoms with E-state index in [0.717, 1.165) is 31.6 Å². The molecular formula is C16H25NO2. The van der Waals surface area contributed by atoms with Gasteiger partial charge >= 0.3 is 0 Å². The lowest BCUT2D eigenvalue weighted by molar-refractivity contribution is -0.0898. The number of hydrogen-bond acceptors (Lipinski definition) is 3. The molecular weight excluding hydrogens is 238 g/mol. The molecule has 0 aromatic heterocycles. The Kier molecular flexibility index (Phi) is 4.97. The predicted molar refractivity (Wildman–Crippen MR) is 77.3 cm³/mol. The average Bonchev–Trinajstić information content (AvgIpc) is 2.42. The number of aryl methyl sites for hydroxylation is 2. The van der Waals surface area contributed by atoms with Crippen molar-refractivity contribution in [3.05, 3.63) is 34.9 Å². The molecule has 1 fully saturated rings. The first kappa shape index (κ1) is 14.5. The van der Waals surface area contributed by atoms with Crippen molar-refractivity contribution in [1.29, 1.82) is 0 Å². The van der Waals surface area contributed by atoms with E-state index in [4.69, 9.17) is 4.74 Å². The van der Waals surface area contributed by atoms with Gasteiger partial charge in [-0.2, -0.15) is 0 Å². The lowest BCUT2D eigenvalue weighted by Gasteiger charge is -2.35. The monoisotopic (exact) mass is 263 g/mol. The number of morpholine rings is 1. The molecule has 106 valence electrons. The molecule has 0 saturated carbocycles. The van der Waals surface area contributed by atoms with Crippen molar-refractivity contribution in [2.75, 3.05) is 26.2 Å². The van der Waals surface area contributed by atoms with Crippen LogP contribution in [0.1, 0.15) is 36.1 Å². The largest absolute Gasteiger partial charge is 0.386 e. The van der Waals surface area contributed by atoms with Gasteiger partial charge in [0.2, 0.25) is 0 Å². The molecule has 2 rings (SSSR count). The molecule has 2 atom stereocenters. The van der Waals surface area contributed by atoms with Gasteiger partial charge in [0.15, 0.2) is 0 Å². The summed E-state index contributed by atoms with van der Waals surface area (Å²) in [6, 6.07) is 6.15. The minimum atomic E-state index is -0.529. The van der Waals surface area contributed by atoms with Gasteiger partial charge in [0, 0.05) is 13.1 Å². The Hall–Kier alpha value is -0.900. The predicted octanol–water partition coefficient (Wildman–Crippen LogP) is 2.45. The summed E-state index contributed by atoms with van der Waals surface area (Å²) in [5.74, 6) is 0. The molecule has 1 heterocycles. The summed E-state index contributed by atoms with van der Waals surface area (Å²) in [5, 5.41) is 10.5. The van der Waals surface area contributed by atoms with E-state index in [9.17, 15) is 5.11 Å². The third-order valence-electron chi connectivity index (χ3n) is 3.94. The van der Waals surface area contributed by atoms with Crippen molar-refractivity contribution in [2.24, 2.45) is 0 Å². The van der Waals surface area contributed by atoms with Crippen molar-refractivity contribution in [1.82, 2.24) is 4.90 Å². The first-order valence-corrected chi connectivity index (χ1v) is 7.21. The van der Waals surface area contributed by atoms with E-state index in [2.05, 4.69) is 37.8 Å². The molecule has 19 heavy (non-hydrogen) atoms. The van der Waals surface area contributed by atoms with E-state index in [0.29, 0.717) is 6.61 Å². The van der Waals surface area contributed by atoms with E-state index in [1.165, 1.54) is 11.1 Å². The SMILES string of the molecule is CCCN1CCOC(C(O)c2ccc(C)c(C)c2)C1. The summed E-state index contributed by atoms with van der Waals surface area (Å²) in [4.78, 5) is 2.37. The molecule has 1 N–H and O–H groups in total. The van der Waals surface area contributed by atoms with Crippen molar-refractivity contribution in [3.63, 3.8) is 0 Å². The first-order valence-electron chi connectivity index (χ1n) is 7.21. The zero-order valence-corrected chi connectivity index (χ0v) is 12.2. The molecule has 0 amide bonds. The Morgan fingerprint density at radius 1 is 1.37 bits per heavy atom. The third-order valence-corrected chi connectivity index (χ3v) is 3.94. The van der Waals surface area contributed by atoms with Crippen molar-refractivity contribution in [2.45, 2.75) is 39.4 Å². The van der Waals surface area contributed by atoms with Gasteiger partial charge in [-0.3, -0.25) is 4.90 Å². The van der Waals surface area contributed by atoms with Crippen LogP contribution in [-0.4, -0.2) is 42.4 Å². The molecule has 1 aliphatic rings. The maximum atomic E-state index is 10.5. The van der Waals surface area contributed by atoms with Gasteiger partial charge in [-0.05, 0) is 43.5 Å². The minimum Gasteiger partial charge on any atom is -0.386 e. The van der Waals surface area contributed by atoms with Crippen molar-refractivity contribution in [3.8, 4) is 0 Å². The van der Waals surface area contributed by atoms with Crippen LogP contribution < -0.4 is 0 Å². The quantitative estimate of drug-likeness (QED) is 0.905. The lowest BCUT2D eigenvalue weighted by atomic mass is 9.98. The Morgan fingerprint density at radius 3 is 2.84 bits per heavy atom. The highest BCUT2D eigenvalue weighted by Crippen LogP contribution is 2.24. The highest BCUT2D eigenvalue weighted by Gasteiger charge is 2.27. The van der Waals surface area contributed by atoms with E-state index >= 15 is 0 Å². The summed E-state index contributed by atoms with van der Waals surface area (Å²) in [6.45, 7) is 9.95. The van der Waals surface area contributed by atoms with Crippen LogP contribution in [0.5, 0.6) is 0 Å². The Balaban J connectivity index is 2.05. The fourth-order valence-electron chi connectivity index (χ4n) is 2.61. The topological polar surface area (TPSA) is 32.7 Å². The maximum absolute atomic E-state index is 10.5. The summed E-state index contributed by atoms with van der Waals surface area (Å²) in [5.41, 5.74) is 3.44. The summed E-state index contributed by atoms with van der Waals surface area (Å²) < 4.78 is 5.75. The Labute approximate surface area is 116 Å². The number of aliphatic hydroxyl groups is 1. The van der Waals surface area contributed by atoms with E-state index in [-0.39, 0.29) is 6.10 Å². The van der Waals surface area contributed by atoms with Gasteiger partial charge in [0.1, 0.15) is 12.2 Å². The molecule has 0 aliphatic carbocycles. The van der Waals surface area contributed by atoms with Gasteiger partial charge in [0.05, 0.1) is 6.61 Å². The van der Waals surface area contributed by atoms with Crippen LogP contribution in [-0.2, 0) is 4.74 Å². The van der Waals surface area contributed by atoms with Gasteiger partial charge < -0.3 is 9.84 Å². The van der Waals surface area contributed by atoms with Crippen LogP contribution in [0.3, 0.4) is 0 Å². The Bertz CT molecular complexity index is 417. The average molecular weight is 263 g/mol. The number of rotatable bonds is 4. The van der Waals surface area contributed by atoms with Crippen LogP contribution in [0.4, 0.5) is 0 Å². The molecule has 0 bridgehead atoms. The Morgan fingerprint density at radius 2 is 2.16 bits per heavy atom. The van der Waals surface area contributed by atoms with Gasteiger partial charge in [-0.25, -0.2) is 0 Å². The highest BCUT2D eigenvalue weighted by molar-refractivity contribution is 5.31. The van der Waals surface area contributed by atoms with E-state index in [1.807, 2.05) is 6.07 Å². The minimum absolute atomic E-state index is 0.109. The van der Waals surface area contributed by atoms with Crippen LogP contribution in [0.15, 0.2) is 18.2 Å². The molecule has 1 aliphatic heterocycles. The molecule has 2 unspecified atom stereocenters. The smallest absolute Gasteiger partial charge is 0.106 e. The molecule has 3 nitrogen and oxygen atoms in total. The zero-order valence-electron chi connectivity index (χ0n) is 12.2. The van der Waals surface area contributed by atoms with Crippen LogP contribution >= 0.6 is 0 Å². The number of benzene rings is 1. The second-order valence-electron chi connectivity index (χ2n) is 5.50. The fourth-order valence-corrected chi connectivity index (χ4v) is 2.61. The lowest BCUT2D eigenvalue weighted by Crippen LogP contribution is -2.45. The number of hydrogen-bond donors (Lipinski definition) is 1. The molecule has 1 aromatic rings. The number of ether oxygens (including phenoxy) is 1. The van der Waals surface area contributed by atoms with Crippen molar-refractivity contribution >= 4 is 0 Å². The molecule has 0 radical (unpaired) electrons. The van der Waals surface area contributed by atoms with Crippen LogP contribution in [0, 0.1) is 13.8 Å². The van der Waals surface area contributed by atoms with E-state index in [1.54, 1.807) is 0 Å². The molecule has 0 spiro atoms. The van der Waals surface area contributed by atoms with Gasteiger partial charge in [-0.1, -0.05) is 25.1 Å². The van der Waals surface area contributed by atoms with Gasteiger partial charge in [0.25, 0.3) is 0 Å². The first-order chi connectivity index (χ1) is 9.11. The normalized spacial score (nSPS) is 22.4. The maximum Gasteiger partial charge on any atom is 0.106 e. The standard InChI is InChI=1S/C16H25NO2/c1-4-7-17-8-9-19-15(11-17)16(18)14-6-5-12(2)13(3)10-14/h5-6,10,15-16,18H,4,7-9,11H2,1-3H3.